The van der Waals surface area contributed by atoms with Crippen LogP contribution in [0.2, 0.25) is 0 Å². The van der Waals surface area contributed by atoms with Gasteiger partial charge in [-0.25, -0.2) is 0 Å². The van der Waals surface area contributed by atoms with Gasteiger partial charge in [-0.2, -0.15) is 0 Å². The molecule has 0 bridgehead atoms. The highest BCUT2D eigenvalue weighted by Crippen LogP contribution is 2.58. The highest BCUT2D eigenvalue weighted by molar-refractivity contribution is 6.04. The maximum atomic E-state index is 3.81. The fourth-order valence-corrected chi connectivity index (χ4v) is 10.2. The zero-order valence-electron chi connectivity index (χ0n) is 32.3. The molecule has 0 atom stereocenters. The molecule has 0 amide bonds. The van der Waals surface area contributed by atoms with Crippen LogP contribution < -0.4 is 4.90 Å². The van der Waals surface area contributed by atoms with E-state index in [0.29, 0.717) is 0 Å². The van der Waals surface area contributed by atoms with E-state index in [1.54, 1.807) is 0 Å². The van der Waals surface area contributed by atoms with Crippen LogP contribution >= 0.6 is 0 Å². The van der Waals surface area contributed by atoms with Gasteiger partial charge in [0.15, 0.2) is 0 Å². The molecule has 11 rings (SSSR count). The van der Waals surface area contributed by atoms with Crippen LogP contribution in [-0.4, -0.2) is 0 Å². The van der Waals surface area contributed by atoms with Crippen LogP contribution in [0.1, 0.15) is 65.6 Å². The molecule has 1 nitrogen and oxygen atoms in total. The summed E-state index contributed by atoms with van der Waals surface area (Å²) in [5, 5.41) is 2.24. The molecular weight excluding hydrogens is 687 g/mol. The average molecular weight is 728 g/mol. The predicted molar refractivity (Wildman–Crippen MR) is 238 cm³/mol. The molecule has 57 heavy (non-hydrogen) atoms. The minimum atomic E-state index is -0.461. The van der Waals surface area contributed by atoms with Gasteiger partial charge in [-0.1, -0.05) is 184 Å². The Kier molecular flexibility index (Phi) is 7.54. The first kappa shape index (κ1) is 33.5. The summed E-state index contributed by atoms with van der Waals surface area (Å²) in [7, 11) is 0. The number of fused-ring (bicyclic) bond motifs is 8. The van der Waals surface area contributed by atoms with Crippen molar-refractivity contribution in [3.63, 3.8) is 0 Å². The van der Waals surface area contributed by atoms with Gasteiger partial charge in [-0.05, 0) is 104 Å². The number of rotatable bonds is 6. The third-order valence-corrected chi connectivity index (χ3v) is 12.8. The van der Waals surface area contributed by atoms with Gasteiger partial charge in [0.05, 0.1) is 16.8 Å². The number of anilines is 3. The first-order valence-corrected chi connectivity index (χ1v) is 20.2. The maximum Gasteiger partial charge on any atom is 0.0980 e. The molecule has 0 saturated carbocycles. The molecule has 3 aliphatic rings. The number of para-hydroxylation sites is 1. The van der Waals surface area contributed by atoms with E-state index in [1.165, 1.54) is 66.8 Å². The number of allylic oxidation sites excluding steroid dienone is 4. The Balaban J connectivity index is 1.14. The summed E-state index contributed by atoms with van der Waals surface area (Å²) in [4.78, 5) is 2.42. The zero-order valence-corrected chi connectivity index (χ0v) is 32.3. The molecular formula is C56H41N. The highest BCUT2D eigenvalue weighted by Gasteiger charge is 2.46. The second-order valence-electron chi connectivity index (χ2n) is 16.2. The topological polar surface area (TPSA) is 3.24 Å². The van der Waals surface area contributed by atoms with Crippen molar-refractivity contribution >= 4 is 33.4 Å². The molecule has 3 aliphatic carbocycles. The summed E-state index contributed by atoms with van der Waals surface area (Å²) in [6, 6.07) is 70.4. The number of benzene rings is 7. The van der Waals surface area contributed by atoms with Crippen LogP contribution in [0.5, 0.6) is 0 Å². The van der Waals surface area contributed by atoms with Crippen LogP contribution in [0.15, 0.2) is 188 Å². The lowest BCUT2D eigenvalue weighted by molar-refractivity contribution is 0.660. The molecule has 270 valence electrons. The fraction of sp³-hybridized carbons (Fsp3) is 0.107. The van der Waals surface area contributed by atoms with Crippen molar-refractivity contribution in [1.29, 1.82) is 0 Å². The molecule has 8 aromatic carbocycles. The summed E-state index contributed by atoms with van der Waals surface area (Å²) in [6.45, 7) is 4.72. The molecule has 0 spiro atoms. The van der Waals surface area contributed by atoms with Crippen molar-refractivity contribution in [3.8, 4) is 22.3 Å². The van der Waals surface area contributed by atoms with Gasteiger partial charge in [0.25, 0.3) is 0 Å². The van der Waals surface area contributed by atoms with Crippen molar-refractivity contribution in [2.24, 2.45) is 0 Å². The third-order valence-electron chi connectivity index (χ3n) is 12.8. The molecule has 1 heteroatoms. The van der Waals surface area contributed by atoms with Gasteiger partial charge in [0.1, 0.15) is 0 Å². The van der Waals surface area contributed by atoms with Gasteiger partial charge in [-0.15, -0.1) is 0 Å². The quantitative estimate of drug-likeness (QED) is 0.165. The zero-order chi connectivity index (χ0) is 38.1. The van der Waals surface area contributed by atoms with E-state index in [2.05, 4.69) is 219 Å². The van der Waals surface area contributed by atoms with E-state index in [0.717, 1.165) is 40.7 Å². The van der Waals surface area contributed by atoms with Crippen molar-refractivity contribution < 1.29 is 0 Å². The van der Waals surface area contributed by atoms with Crippen LogP contribution in [0.3, 0.4) is 0 Å². The molecule has 0 unspecified atom stereocenters. The lowest BCUT2D eigenvalue weighted by Gasteiger charge is -2.33. The number of hydrogen-bond donors (Lipinski definition) is 0. The first-order chi connectivity index (χ1) is 28.0. The molecule has 0 saturated heterocycles. The number of nitrogens with zero attached hydrogens (tertiary/aromatic N) is 1. The highest BCUT2D eigenvalue weighted by atomic mass is 15.1. The lowest BCUT2D eigenvalue weighted by atomic mass is 9.67. The number of hydrogen-bond acceptors (Lipinski definition) is 1. The minimum absolute atomic E-state index is 0.124. The van der Waals surface area contributed by atoms with Crippen LogP contribution in [0, 0.1) is 12.1 Å². The van der Waals surface area contributed by atoms with E-state index in [4.69, 9.17) is 0 Å². The minimum Gasteiger partial charge on any atom is -0.303 e. The van der Waals surface area contributed by atoms with Gasteiger partial charge < -0.3 is 4.90 Å². The van der Waals surface area contributed by atoms with Crippen LogP contribution in [0.4, 0.5) is 17.1 Å². The smallest absolute Gasteiger partial charge is 0.0980 e. The van der Waals surface area contributed by atoms with Crippen molar-refractivity contribution in [1.82, 2.24) is 0 Å². The Labute approximate surface area is 335 Å². The standard InChI is InChI=1S/C56H41N/c1-55(2)49-27-15-12-25-46(49)47-34-32-43(37-52(47)55)57(53-29-17-14-24-44(53)38-18-6-3-7-19-38)42-31-33-45-39(36-42)30-35-51-54(45)48-26-13-16-28-50(48)56(51,40-20-8-4-9-21-40)41-22-10-5-11-23-41/h3-6,8-18,20-30,32,34-37H,7,19H2,1-2H3. The van der Waals surface area contributed by atoms with E-state index in [9.17, 15) is 0 Å². The van der Waals surface area contributed by atoms with Crippen molar-refractivity contribution in [3.05, 3.63) is 239 Å². The molecule has 0 N–H and O–H groups in total. The second kappa shape index (κ2) is 12.8. The van der Waals surface area contributed by atoms with Crippen LogP contribution in [-0.2, 0) is 10.8 Å². The molecule has 0 aliphatic heterocycles. The molecule has 0 heterocycles. The summed E-state index contributed by atoms with van der Waals surface area (Å²) in [5.74, 6) is 0. The van der Waals surface area contributed by atoms with Crippen molar-refractivity contribution in [2.75, 3.05) is 4.90 Å². The first-order valence-electron chi connectivity index (χ1n) is 20.2. The van der Waals surface area contributed by atoms with Gasteiger partial charge >= 0.3 is 0 Å². The second-order valence-corrected chi connectivity index (χ2v) is 16.2. The van der Waals surface area contributed by atoms with Crippen molar-refractivity contribution in [2.45, 2.75) is 37.5 Å². The Bertz CT molecular complexity index is 2890. The van der Waals surface area contributed by atoms with E-state index < -0.39 is 5.41 Å². The van der Waals surface area contributed by atoms with E-state index in [1.807, 2.05) is 0 Å². The Hall–Kier alpha value is -6.88. The Morgan fingerprint density at radius 3 is 1.91 bits per heavy atom. The van der Waals surface area contributed by atoms with Crippen LogP contribution in [0.25, 0.3) is 38.6 Å². The van der Waals surface area contributed by atoms with E-state index >= 15 is 0 Å². The molecule has 0 radical (unpaired) electrons. The summed E-state index contributed by atoms with van der Waals surface area (Å²) < 4.78 is 0. The Morgan fingerprint density at radius 2 is 1.18 bits per heavy atom. The lowest BCUT2D eigenvalue weighted by Crippen LogP contribution is -2.28. The van der Waals surface area contributed by atoms with Gasteiger partial charge in [-0.3, -0.25) is 0 Å². The van der Waals surface area contributed by atoms with Gasteiger partial charge in [0, 0.05) is 27.6 Å². The monoisotopic (exact) mass is 727 g/mol. The maximum absolute atomic E-state index is 3.81. The third kappa shape index (κ3) is 4.90. The fourth-order valence-electron chi connectivity index (χ4n) is 10.2. The van der Waals surface area contributed by atoms with Gasteiger partial charge in [0.2, 0.25) is 0 Å². The SMILES string of the molecule is CC1(C)c2ccccc2-c2ccc(N(c3c#cc4c5c(ccc4c3)C(c3ccccc3)(c3ccccc3)c3ccccc3-5)c3ccccc3C3=CC=CCC3)cc21. The molecule has 0 fully saturated rings. The predicted octanol–water partition coefficient (Wildman–Crippen LogP) is 14.3. The summed E-state index contributed by atoms with van der Waals surface area (Å²) in [5.41, 5.74) is 18.2. The largest absolute Gasteiger partial charge is 0.303 e. The summed E-state index contributed by atoms with van der Waals surface area (Å²) in [6.07, 6.45) is 8.80. The molecule has 0 aromatic heterocycles. The molecule has 8 aromatic rings. The summed E-state index contributed by atoms with van der Waals surface area (Å²) >= 11 is 0. The Morgan fingerprint density at radius 1 is 0.526 bits per heavy atom. The average Bonchev–Trinajstić information content (AvgIpc) is 3.71. The van der Waals surface area contributed by atoms with E-state index in [-0.39, 0.29) is 5.41 Å². The normalized spacial score (nSPS) is 15.2.